The minimum Gasteiger partial charge on any atom is -0.493 e. The van der Waals surface area contributed by atoms with E-state index in [1.165, 1.54) is 7.11 Å². The highest BCUT2D eigenvalue weighted by Gasteiger charge is 2.20. The van der Waals surface area contributed by atoms with Crippen molar-refractivity contribution in [1.82, 2.24) is 0 Å². The third kappa shape index (κ3) is 4.80. The normalized spacial score (nSPS) is 11.7. The Morgan fingerprint density at radius 1 is 1.10 bits per heavy atom. The Kier molecular flexibility index (Phi) is 5.64. The fourth-order valence-corrected chi connectivity index (χ4v) is 2.13. The van der Waals surface area contributed by atoms with Crippen molar-refractivity contribution in [3.63, 3.8) is 0 Å². The van der Waals surface area contributed by atoms with E-state index in [0.717, 1.165) is 5.56 Å². The molecule has 0 aliphatic heterocycles. The number of ether oxygens (including phenoxy) is 2. The molecule has 0 radical (unpaired) electrons. The van der Waals surface area contributed by atoms with Crippen molar-refractivity contribution in [1.29, 1.82) is 0 Å². The second kappa shape index (κ2) is 7.70. The average molecular weight is 305 g/mol. The van der Waals surface area contributed by atoms with Gasteiger partial charge in [0.25, 0.3) is 0 Å². The van der Waals surface area contributed by atoms with Gasteiger partial charge in [0, 0.05) is 5.02 Å². The lowest BCUT2D eigenvalue weighted by Crippen LogP contribution is -2.25. The van der Waals surface area contributed by atoms with Crippen molar-refractivity contribution in [2.75, 3.05) is 13.7 Å². The van der Waals surface area contributed by atoms with Crippen LogP contribution in [0.3, 0.4) is 0 Å². The van der Waals surface area contributed by atoms with Gasteiger partial charge >= 0.3 is 5.97 Å². The van der Waals surface area contributed by atoms with E-state index >= 15 is 0 Å². The molecule has 0 heterocycles. The number of hydrogen-bond acceptors (Lipinski definition) is 3. The van der Waals surface area contributed by atoms with Crippen molar-refractivity contribution >= 4 is 17.6 Å². The van der Waals surface area contributed by atoms with Gasteiger partial charge in [-0.3, -0.25) is 4.79 Å². The van der Waals surface area contributed by atoms with Crippen LogP contribution in [0.25, 0.3) is 0 Å². The monoisotopic (exact) mass is 304 g/mol. The number of esters is 1. The Morgan fingerprint density at radius 2 is 1.76 bits per heavy atom. The number of carbonyl (C=O) groups excluding carboxylic acids is 1. The molecule has 0 fully saturated rings. The van der Waals surface area contributed by atoms with Crippen LogP contribution in [-0.4, -0.2) is 19.7 Å². The van der Waals surface area contributed by atoms with Crippen LogP contribution in [0.4, 0.5) is 0 Å². The Balaban J connectivity index is 1.99. The molecule has 1 unspecified atom stereocenters. The van der Waals surface area contributed by atoms with Gasteiger partial charge in [0.05, 0.1) is 13.0 Å². The molecule has 110 valence electrons. The predicted molar refractivity (Wildman–Crippen MR) is 82.6 cm³/mol. The number of benzene rings is 2. The second-order valence-corrected chi connectivity index (χ2v) is 5.11. The van der Waals surface area contributed by atoms with Crippen molar-refractivity contribution < 1.29 is 14.3 Å². The molecular weight excluding hydrogens is 288 g/mol. The molecule has 0 N–H and O–H groups in total. The van der Waals surface area contributed by atoms with E-state index in [1.54, 1.807) is 24.3 Å². The highest BCUT2D eigenvalue weighted by Crippen LogP contribution is 2.18. The highest BCUT2D eigenvalue weighted by atomic mass is 35.5. The van der Waals surface area contributed by atoms with E-state index in [2.05, 4.69) is 0 Å². The summed E-state index contributed by atoms with van der Waals surface area (Å²) in [6.45, 7) is 0.267. The van der Waals surface area contributed by atoms with Gasteiger partial charge in [0.15, 0.2) is 0 Å². The van der Waals surface area contributed by atoms with E-state index in [1.807, 2.05) is 30.3 Å². The molecule has 0 bridgehead atoms. The quantitative estimate of drug-likeness (QED) is 0.762. The standard InChI is InChI=1S/C17H17ClO3/c1-20-17(19)14(11-13-5-3-2-4-6-13)12-21-16-9-7-15(18)8-10-16/h2-10,14H,11-12H2,1H3. The zero-order valence-corrected chi connectivity index (χ0v) is 12.5. The molecule has 0 aromatic heterocycles. The summed E-state index contributed by atoms with van der Waals surface area (Å²) in [7, 11) is 1.39. The number of methoxy groups -OCH3 is 1. The number of rotatable bonds is 6. The van der Waals surface area contributed by atoms with Crippen LogP contribution >= 0.6 is 11.6 Å². The molecule has 0 saturated carbocycles. The summed E-state index contributed by atoms with van der Waals surface area (Å²) in [5.74, 6) is 0.0715. The summed E-state index contributed by atoms with van der Waals surface area (Å²) < 4.78 is 10.5. The van der Waals surface area contributed by atoms with Gasteiger partial charge in [-0.15, -0.1) is 0 Å². The van der Waals surface area contributed by atoms with Crippen LogP contribution in [0, 0.1) is 5.92 Å². The summed E-state index contributed by atoms with van der Waals surface area (Å²) in [6.07, 6.45) is 0.584. The fraction of sp³-hybridized carbons (Fsp3) is 0.235. The van der Waals surface area contributed by atoms with Crippen LogP contribution in [0.5, 0.6) is 5.75 Å². The molecule has 0 aliphatic rings. The second-order valence-electron chi connectivity index (χ2n) is 4.67. The number of halogens is 1. The minimum absolute atomic E-state index is 0.267. The molecule has 2 aromatic rings. The lowest BCUT2D eigenvalue weighted by molar-refractivity contribution is -0.146. The molecule has 2 aromatic carbocycles. The molecule has 0 spiro atoms. The highest BCUT2D eigenvalue weighted by molar-refractivity contribution is 6.30. The Morgan fingerprint density at radius 3 is 2.38 bits per heavy atom. The molecule has 1 atom stereocenters. The van der Waals surface area contributed by atoms with Gasteiger partial charge in [-0.2, -0.15) is 0 Å². The number of hydrogen-bond donors (Lipinski definition) is 0. The molecule has 3 nitrogen and oxygen atoms in total. The smallest absolute Gasteiger partial charge is 0.312 e. The number of carbonyl (C=O) groups is 1. The summed E-state index contributed by atoms with van der Waals surface area (Å²) >= 11 is 5.82. The first-order valence-corrected chi connectivity index (χ1v) is 7.07. The molecule has 0 saturated heterocycles. The van der Waals surface area contributed by atoms with Crippen molar-refractivity contribution in [2.45, 2.75) is 6.42 Å². The van der Waals surface area contributed by atoms with Gasteiger partial charge in [-0.1, -0.05) is 41.9 Å². The molecule has 0 amide bonds. The van der Waals surface area contributed by atoms with Gasteiger partial charge in [0.2, 0.25) is 0 Å². The first kappa shape index (κ1) is 15.4. The SMILES string of the molecule is COC(=O)C(COc1ccc(Cl)cc1)Cc1ccccc1. The summed E-state index contributed by atoms with van der Waals surface area (Å²) in [5, 5.41) is 0.649. The van der Waals surface area contributed by atoms with Crippen LogP contribution in [0.1, 0.15) is 5.56 Å². The first-order chi connectivity index (χ1) is 10.2. The Hall–Kier alpha value is -2.00. The van der Waals surface area contributed by atoms with Crippen molar-refractivity contribution in [2.24, 2.45) is 5.92 Å². The maximum atomic E-state index is 11.9. The van der Waals surface area contributed by atoms with E-state index in [0.29, 0.717) is 17.2 Å². The van der Waals surface area contributed by atoms with Gasteiger partial charge in [-0.05, 0) is 36.2 Å². The average Bonchev–Trinajstić information content (AvgIpc) is 2.53. The van der Waals surface area contributed by atoms with Crippen LogP contribution < -0.4 is 4.74 Å². The third-order valence-electron chi connectivity index (χ3n) is 3.12. The minimum atomic E-state index is -0.340. The van der Waals surface area contributed by atoms with E-state index < -0.39 is 0 Å². The lowest BCUT2D eigenvalue weighted by Gasteiger charge is -2.15. The van der Waals surface area contributed by atoms with Crippen LogP contribution in [0.15, 0.2) is 54.6 Å². The van der Waals surface area contributed by atoms with Crippen molar-refractivity contribution in [3.05, 3.63) is 65.2 Å². The third-order valence-corrected chi connectivity index (χ3v) is 3.38. The first-order valence-electron chi connectivity index (χ1n) is 6.69. The van der Waals surface area contributed by atoms with Gasteiger partial charge in [0.1, 0.15) is 12.4 Å². The van der Waals surface area contributed by atoms with E-state index in [-0.39, 0.29) is 18.5 Å². The lowest BCUT2D eigenvalue weighted by atomic mass is 10.0. The topological polar surface area (TPSA) is 35.5 Å². The summed E-state index contributed by atoms with van der Waals surface area (Å²) in [4.78, 5) is 11.9. The van der Waals surface area contributed by atoms with Crippen molar-refractivity contribution in [3.8, 4) is 5.75 Å². The predicted octanol–water partition coefficient (Wildman–Crippen LogP) is 3.75. The maximum Gasteiger partial charge on any atom is 0.312 e. The largest absolute Gasteiger partial charge is 0.493 e. The Bertz CT molecular complexity index is 566. The van der Waals surface area contributed by atoms with Crippen LogP contribution in [0.2, 0.25) is 5.02 Å². The van der Waals surface area contributed by atoms with Gasteiger partial charge < -0.3 is 9.47 Å². The Labute approximate surface area is 129 Å². The van der Waals surface area contributed by atoms with E-state index in [9.17, 15) is 4.79 Å². The van der Waals surface area contributed by atoms with E-state index in [4.69, 9.17) is 21.1 Å². The van der Waals surface area contributed by atoms with Gasteiger partial charge in [-0.25, -0.2) is 0 Å². The summed E-state index contributed by atoms with van der Waals surface area (Å²) in [6, 6.07) is 16.9. The zero-order valence-electron chi connectivity index (χ0n) is 11.8. The molecule has 0 aliphatic carbocycles. The maximum absolute atomic E-state index is 11.9. The molecular formula is C17H17ClO3. The van der Waals surface area contributed by atoms with Crippen LogP contribution in [-0.2, 0) is 16.0 Å². The fourth-order valence-electron chi connectivity index (χ4n) is 2.00. The summed E-state index contributed by atoms with van der Waals surface area (Å²) in [5.41, 5.74) is 1.08. The molecule has 21 heavy (non-hydrogen) atoms. The molecule has 4 heteroatoms. The zero-order chi connectivity index (χ0) is 15.1. The molecule has 2 rings (SSSR count).